The minimum absolute atomic E-state index is 0.0382. The molecule has 0 aliphatic carbocycles. The van der Waals surface area contributed by atoms with Gasteiger partial charge in [0.15, 0.2) is 0 Å². The smallest absolute Gasteiger partial charge is 0.251 e. The summed E-state index contributed by atoms with van der Waals surface area (Å²) in [5.74, 6) is 2.69. The average Bonchev–Trinajstić information content (AvgIpc) is 3.06. The Morgan fingerprint density at radius 2 is 2.00 bits per heavy atom. The Bertz CT molecular complexity index is 892. The molecule has 0 atom stereocenters. The van der Waals surface area contributed by atoms with Crippen molar-refractivity contribution < 1.29 is 4.79 Å². The second-order valence-corrected chi connectivity index (χ2v) is 7.78. The number of thioether (sulfide) groups is 1. The van der Waals surface area contributed by atoms with Crippen LogP contribution in [0.25, 0.3) is 0 Å². The van der Waals surface area contributed by atoms with Gasteiger partial charge in [0.05, 0.1) is 0 Å². The third kappa shape index (κ3) is 5.88. The van der Waals surface area contributed by atoms with Crippen LogP contribution in [0.5, 0.6) is 0 Å². The molecule has 1 N–H and O–H groups in total. The van der Waals surface area contributed by atoms with Gasteiger partial charge in [-0.15, -0.1) is 0 Å². The predicted octanol–water partition coefficient (Wildman–Crippen LogP) is 4.56. The highest BCUT2D eigenvalue weighted by Crippen LogP contribution is 2.16. The molecule has 3 rings (SSSR count). The number of carbonyl (C=O) groups excluding carboxylic acids is 1. The SMILES string of the molecule is Cc1nccn1Cc1ccc(C(=O)NCCSCc2cccc(Cl)c2)cc1. The number of hydrogen-bond acceptors (Lipinski definition) is 3. The van der Waals surface area contributed by atoms with E-state index >= 15 is 0 Å². The van der Waals surface area contributed by atoms with Gasteiger partial charge in [-0.3, -0.25) is 4.79 Å². The topological polar surface area (TPSA) is 46.9 Å². The van der Waals surface area contributed by atoms with Crippen LogP contribution in [-0.4, -0.2) is 27.8 Å². The molecule has 0 aliphatic heterocycles. The highest BCUT2D eigenvalue weighted by molar-refractivity contribution is 7.98. The van der Waals surface area contributed by atoms with Gasteiger partial charge in [0, 0.05) is 47.6 Å². The zero-order chi connectivity index (χ0) is 19.1. The van der Waals surface area contributed by atoms with Crippen molar-refractivity contribution in [2.24, 2.45) is 0 Å². The van der Waals surface area contributed by atoms with E-state index in [-0.39, 0.29) is 5.91 Å². The van der Waals surface area contributed by atoms with Crippen LogP contribution >= 0.6 is 23.4 Å². The number of halogens is 1. The average molecular weight is 400 g/mol. The number of imidazole rings is 1. The van der Waals surface area contributed by atoms with E-state index in [1.807, 2.05) is 55.6 Å². The third-order valence-electron chi connectivity index (χ3n) is 4.18. The lowest BCUT2D eigenvalue weighted by atomic mass is 10.1. The number of benzene rings is 2. The number of hydrogen-bond donors (Lipinski definition) is 1. The summed E-state index contributed by atoms with van der Waals surface area (Å²) < 4.78 is 2.08. The summed E-state index contributed by atoms with van der Waals surface area (Å²) in [4.78, 5) is 16.5. The second kappa shape index (κ2) is 9.62. The number of rotatable bonds is 8. The Morgan fingerprint density at radius 3 is 2.70 bits per heavy atom. The first-order chi connectivity index (χ1) is 13.1. The van der Waals surface area contributed by atoms with Crippen LogP contribution in [-0.2, 0) is 12.3 Å². The predicted molar refractivity (Wildman–Crippen MR) is 112 cm³/mol. The fourth-order valence-corrected chi connectivity index (χ4v) is 3.70. The van der Waals surface area contributed by atoms with Crippen molar-refractivity contribution in [3.8, 4) is 0 Å². The Balaban J connectivity index is 1.41. The molecule has 0 fully saturated rings. The van der Waals surface area contributed by atoms with Crippen molar-refractivity contribution >= 4 is 29.3 Å². The summed E-state index contributed by atoms with van der Waals surface area (Å²) in [6, 6.07) is 15.6. The van der Waals surface area contributed by atoms with Gasteiger partial charge < -0.3 is 9.88 Å². The first kappa shape index (κ1) is 19.5. The summed E-state index contributed by atoms with van der Waals surface area (Å²) in [6.07, 6.45) is 3.75. The summed E-state index contributed by atoms with van der Waals surface area (Å²) in [7, 11) is 0. The molecule has 6 heteroatoms. The molecular weight excluding hydrogens is 378 g/mol. The Morgan fingerprint density at radius 1 is 1.19 bits per heavy atom. The van der Waals surface area contributed by atoms with Crippen molar-refractivity contribution in [1.82, 2.24) is 14.9 Å². The summed E-state index contributed by atoms with van der Waals surface area (Å²) >= 11 is 7.76. The maximum absolute atomic E-state index is 12.3. The molecule has 3 aromatic rings. The molecule has 4 nitrogen and oxygen atoms in total. The van der Waals surface area contributed by atoms with Gasteiger partial charge in [-0.25, -0.2) is 4.98 Å². The molecule has 0 saturated heterocycles. The van der Waals surface area contributed by atoms with Crippen LogP contribution in [0.1, 0.15) is 27.3 Å². The van der Waals surface area contributed by atoms with Gasteiger partial charge >= 0.3 is 0 Å². The van der Waals surface area contributed by atoms with E-state index in [9.17, 15) is 4.79 Å². The van der Waals surface area contributed by atoms with E-state index in [1.54, 1.807) is 18.0 Å². The minimum atomic E-state index is -0.0382. The van der Waals surface area contributed by atoms with E-state index in [0.29, 0.717) is 12.1 Å². The third-order valence-corrected chi connectivity index (χ3v) is 5.45. The Kier molecular flexibility index (Phi) is 6.96. The van der Waals surface area contributed by atoms with Crippen LogP contribution in [0.3, 0.4) is 0 Å². The van der Waals surface area contributed by atoms with E-state index in [4.69, 9.17) is 11.6 Å². The zero-order valence-corrected chi connectivity index (χ0v) is 16.8. The zero-order valence-electron chi connectivity index (χ0n) is 15.2. The lowest BCUT2D eigenvalue weighted by Gasteiger charge is -2.08. The summed E-state index contributed by atoms with van der Waals surface area (Å²) in [5.41, 5.74) is 3.02. The molecule has 2 aromatic carbocycles. The Hall–Kier alpha value is -2.24. The van der Waals surface area contributed by atoms with Crippen LogP contribution in [0.2, 0.25) is 5.02 Å². The number of aryl methyl sites for hydroxylation is 1. The fraction of sp³-hybridized carbons (Fsp3) is 0.238. The molecule has 1 aromatic heterocycles. The molecule has 140 valence electrons. The maximum Gasteiger partial charge on any atom is 0.251 e. The molecule has 0 radical (unpaired) electrons. The standard InChI is InChI=1S/C21H22ClN3OS/c1-16-23-9-11-25(16)14-17-5-7-19(8-6-17)21(26)24-10-12-27-15-18-3-2-4-20(22)13-18/h2-9,11,13H,10,12,14-15H2,1H3,(H,24,26). The summed E-state index contributed by atoms with van der Waals surface area (Å²) in [5, 5.41) is 3.73. The van der Waals surface area contributed by atoms with Crippen molar-refractivity contribution in [2.45, 2.75) is 19.2 Å². The highest BCUT2D eigenvalue weighted by Gasteiger charge is 2.06. The van der Waals surface area contributed by atoms with E-state index < -0.39 is 0 Å². The molecule has 0 saturated carbocycles. The molecule has 27 heavy (non-hydrogen) atoms. The lowest BCUT2D eigenvalue weighted by Crippen LogP contribution is -2.25. The largest absolute Gasteiger partial charge is 0.351 e. The Labute approximate surface area is 169 Å². The van der Waals surface area contributed by atoms with Gasteiger partial charge in [-0.05, 0) is 42.3 Å². The van der Waals surface area contributed by atoms with Gasteiger partial charge in [-0.2, -0.15) is 11.8 Å². The van der Waals surface area contributed by atoms with E-state index in [0.717, 1.165) is 34.5 Å². The van der Waals surface area contributed by atoms with Crippen LogP contribution in [0.4, 0.5) is 0 Å². The van der Waals surface area contributed by atoms with Crippen molar-refractivity contribution in [2.75, 3.05) is 12.3 Å². The number of carbonyl (C=O) groups is 1. The first-order valence-corrected chi connectivity index (χ1v) is 10.3. The molecule has 0 bridgehead atoms. The maximum atomic E-state index is 12.3. The quantitative estimate of drug-likeness (QED) is 0.565. The number of nitrogens with zero attached hydrogens (tertiary/aromatic N) is 2. The number of amides is 1. The summed E-state index contributed by atoms with van der Waals surface area (Å²) in [6.45, 7) is 3.38. The van der Waals surface area contributed by atoms with Crippen molar-refractivity contribution in [3.05, 3.63) is 88.5 Å². The minimum Gasteiger partial charge on any atom is -0.351 e. The fourth-order valence-electron chi connectivity index (χ4n) is 2.68. The normalized spacial score (nSPS) is 10.7. The number of nitrogens with one attached hydrogen (secondary N) is 1. The van der Waals surface area contributed by atoms with Crippen molar-refractivity contribution in [3.63, 3.8) is 0 Å². The molecule has 1 amide bonds. The lowest BCUT2D eigenvalue weighted by molar-refractivity contribution is 0.0956. The van der Waals surface area contributed by atoms with Crippen LogP contribution < -0.4 is 5.32 Å². The van der Waals surface area contributed by atoms with Crippen molar-refractivity contribution in [1.29, 1.82) is 0 Å². The monoisotopic (exact) mass is 399 g/mol. The molecule has 0 unspecified atom stereocenters. The molecular formula is C21H22ClN3OS. The van der Waals surface area contributed by atoms with Crippen LogP contribution in [0.15, 0.2) is 60.9 Å². The van der Waals surface area contributed by atoms with Gasteiger partial charge in [-0.1, -0.05) is 35.9 Å². The van der Waals surface area contributed by atoms with E-state index in [2.05, 4.69) is 20.9 Å². The van der Waals surface area contributed by atoms with Gasteiger partial charge in [0.2, 0.25) is 0 Å². The van der Waals surface area contributed by atoms with E-state index in [1.165, 1.54) is 5.56 Å². The molecule has 1 heterocycles. The second-order valence-electron chi connectivity index (χ2n) is 6.24. The van der Waals surface area contributed by atoms with Gasteiger partial charge in [0.25, 0.3) is 5.91 Å². The first-order valence-electron chi connectivity index (χ1n) is 8.79. The number of aromatic nitrogens is 2. The molecule has 0 spiro atoms. The van der Waals surface area contributed by atoms with Gasteiger partial charge in [0.1, 0.15) is 5.82 Å². The van der Waals surface area contributed by atoms with Crippen LogP contribution in [0, 0.1) is 6.92 Å². The highest BCUT2D eigenvalue weighted by atomic mass is 35.5. The molecule has 0 aliphatic rings.